The van der Waals surface area contributed by atoms with E-state index in [0.717, 1.165) is 29.5 Å². The molecule has 0 aromatic heterocycles. The summed E-state index contributed by atoms with van der Waals surface area (Å²) in [5, 5.41) is 3.06. The van der Waals surface area contributed by atoms with Crippen LogP contribution in [0.1, 0.15) is 29.5 Å². The molecule has 0 saturated carbocycles. The summed E-state index contributed by atoms with van der Waals surface area (Å²) in [4.78, 5) is 0.411. The molecule has 0 bridgehead atoms. The zero-order valence-corrected chi connectivity index (χ0v) is 14.3. The van der Waals surface area contributed by atoms with Gasteiger partial charge in [-0.1, -0.05) is 12.1 Å². The summed E-state index contributed by atoms with van der Waals surface area (Å²) in [6, 6.07) is 3.81. The van der Waals surface area contributed by atoms with Crippen molar-refractivity contribution >= 4 is 10.0 Å². The molecule has 21 heavy (non-hydrogen) atoms. The highest BCUT2D eigenvalue weighted by atomic mass is 32.2. The lowest BCUT2D eigenvalue weighted by atomic mass is 10.1. The van der Waals surface area contributed by atoms with E-state index in [1.54, 1.807) is 13.1 Å². The first-order valence-corrected chi connectivity index (χ1v) is 8.60. The average Bonchev–Trinajstić information content (AvgIpc) is 2.42. The summed E-state index contributed by atoms with van der Waals surface area (Å²) in [6.45, 7) is 8.63. The summed E-state index contributed by atoms with van der Waals surface area (Å²) in [7, 11) is 0.0466. The fraction of sp³-hybridized carbons (Fsp3) is 0.500. The van der Waals surface area contributed by atoms with Gasteiger partial charge in [0.05, 0.1) is 4.90 Å². The molecule has 0 aliphatic carbocycles. The van der Waals surface area contributed by atoms with Crippen LogP contribution in [0.25, 0.3) is 0 Å². The Balaban J connectivity index is 3.14. The number of aryl methyl sites for hydroxylation is 1. The number of nitrogens with zero attached hydrogens (tertiary/aromatic N) is 1. The van der Waals surface area contributed by atoms with Crippen molar-refractivity contribution in [2.45, 2.75) is 38.1 Å². The maximum Gasteiger partial charge on any atom is 0.243 e. The second-order valence-electron chi connectivity index (χ2n) is 5.32. The van der Waals surface area contributed by atoms with Gasteiger partial charge in [0.2, 0.25) is 10.0 Å². The third-order valence-corrected chi connectivity index (χ3v) is 5.61. The molecule has 0 heterocycles. The number of rotatable bonds is 8. The summed E-state index contributed by atoms with van der Waals surface area (Å²) >= 11 is 0. The monoisotopic (exact) mass is 310 g/mol. The molecule has 0 radical (unpaired) electrons. The van der Waals surface area contributed by atoms with Crippen molar-refractivity contribution in [1.82, 2.24) is 9.62 Å². The van der Waals surface area contributed by atoms with Gasteiger partial charge in [-0.3, -0.25) is 0 Å². The largest absolute Gasteiger partial charge is 0.316 e. The van der Waals surface area contributed by atoms with Gasteiger partial charge in [0.1, 0.15) is 0 Å². The zero-order valence-electron chi connectivity index (χ0n) is 13.4. The second kappa shape index (κ2) is 7.73. The number of benzene rings is 1. The van der Waals surface area contributed by atoms with E-state index in [2.05, 4.69) is 11.9 Å². The summed E-state index contributed by atoms with van der Waals surface area (Å²) in [5.41, 5.74) is 2.81. The highest BCUT2D eigenvalue weighted by molar-refractivity contribution is 7.89. The van der Waals surface area contributed by atoms with Gasteiger partial charge in [-0.05, 0) is 56.5 Å². The molecule has 0 atom stereocenters. The third kappa shape index (κ3) is 4.40. The SMILES string of the molecule is C=CCCCN(C)S(=O)(=O)c1cc(CNC)cc(C)c1C. The van der Waals surface area contributed by atoms with Crippen LogP contribution in [0, 0.1) is 13.8 Å². The maximum atomic E-state index is 12.7. The Bertz CT molecular complexity index is 595. The van der Waals surface area contributed by atoms with Gasteiger partial charge in [0.25, 0.3) is 0 Å². The standard InChI is InChI=1S/C16H26N2O2S/c1-6-7-8-9-18(5)21(19,20)16-11-15(12-17-4)10-13(2)14(16)3/h6,10-11,17H,1,7-9,12H2,2-5H3. The highest BCUT2D eigenvalue weighted by Crippen LogP contribution is 2.24. The number of allylic oxidation sites excluding steroid dienone is 1. The third-order valence-electron chi connectivity index (χ3n) is 3.63. The number of sulfonamides is 1. The number of hydrogen-bond donors (Lipinski definition) is 1. The van der Waals surface area contributed by atoms with E-state index in [0.29, 0.717) is 18.0 Å². The van der Waals surface area contributed by atoms with Crippen molar-refractivity contribution < 1.29 is 8.42 Å². The Kier molecular flexibility index (Phi) is 6.58. The lowest BCUT2D eigenvalue weighted by Crippen LogP contribution is -2.29. The van der Waals surface area contributed by atoms with Crippen LogP contribution in [-0.4, -0.2) is 33.4 Å². The van der Waals surface area contributed by atoms with E-state index in [1.165, 1.54) is 4.31 Å². The van der Waals surface area contributed by atoms with Crippen molar-refractivity contribution in [3.05, 3.63) is 41.5 Å². The molecular weight excluding hydrogens is 284 g/mol. The number of nitrogens with one attached hydrogen (secondary N) is 1. The molecule has 1 aromatic rings. The fourth-order valence-electron chi connectivity index (χ4n) is 2.22. The Morgan fingerprint density at radius 1 is 1.33 bits per heavy atom. The minimum atomic E-state index is -3.44. The lowest BCUT2D eigenvalue weighted by molar-refractivity contribution is 0.462. The van der Waals surface area contributed by atoms with E-state index < -0.39 is 10.0 Å². The first-order chi connectivity index (χ1) is 9.84. The molecule has 1 N–H and O–H groups in total. The second-order valence-corrected chi connectivity index (χ2v) is 7.34. The molecule has 0 aliphatic heterocycles. The van der Waals surface area contributed by atoms with Crippen molar-refractivity contribution in [3.8, 4) is 0 Å². The van der Waals surface area contributed by atoms with Crippen LogP contribution >= 0.6 is 0 Å². The maximum absolute atomic E-state index is 12.7. The molecular formula is C16H26N2O2S. The lowest BCUT2D eigenvalue weighted by Gasteiger charge is -2.20. The molecule has 4 nitrogen and oxygen atoms in total. The molecule has 118 valence electrons. The van der Waals surface area contributed by atoms with Crippen LogP contribution in [0.2, 0.25) is 0 Å². The van der Waals surface area contributed by atoms with E-state index in [-0.39, 0.29) is 0 Å². The molecule has 1 rings (SSSR count). The van der Waals surface area contributed by atoms with Gasteiger partial charge < -0.3 is 5.32 Å². The minimum Gasteiger partial charge on any atom is -0.316 e. The summed E-state index contributed by atoms with van der Waals surface area (Å²) in [6.07, 6.45) is 3.41. The van der Waals surface area contributed by atoms with Gasteiger partial charge in [-0.15, -0.1) is 6.58 Å². The van der Waals surface area contributed by atoms with Crippen molar-refractivity contribution in [1.29, 1.82) is 0 Å². The summed E-state index contributed by atoms with van der Waals surface area (Å²) < 4.78 is 26.9. The zero-order chi connectivity index (χ0) is 16.0. The number of unbranched alkanes of at least 4 members (excludes halogenated alkanes) is 1. The first kappa shape index (κ1) is 17.9. The molecule has 0 amide bonds. The van der Waals surface area contributed by atoms with Gasteiger partial charge in [-0.2, -0.15) is 0 Å². The Morgan fingerprint density at radius 2 is 2.00 bits per heavy atom. The van der Waals surface area contributed by atoms with Crippen LogP contribution < -0.4 is 5.32 Å². The molecule has 0 fully saturated rings. The average molecular weight is 310 g/mol. The fourth-order valence-corrected chi connectivity index (χ4v) is 3.77. The minimum absolute atomic E-state index is 0.411. The molecule has 0 aliphatic rings. The van der Waals surface area contributed by atoms with Crippen LogP contribution in [0.15, 0.2) is 29.7 Å². The van der Waals surface area contributed by atoms with E-state index >= 15 is 0 Å². The topological polar surface area (TPSA) is 49.4 Å². The van der Waals surface area contributed by atoms with Crippen molar-refractivity contribution in [2.24, 2.45) is 0 Å². The Morgan fingerprint density at radius 3 is 2.57 bits per heavy atom. The number of hydrogen-bond acceptors (Lipinski definition) is 3. The highest BCUT2D eigenvalue weighted by Gasteiger charge is 2.23. The van der Waals surface area contributed by atoms with Crippen LogP contribution in [0.3, 0.4) is 0 Å². The quantitative estimate of drug-likeness (QED) is 0.593. The normalized spacial score (nSPS) is 11.9. The molecule has 0 unspecified atom stereocenters. The van der Waals surface area contributed by atoms with Gasteiger partial charge in [-0.25, -0.2) is 12.7 Å². The molecule has 0 saturated heterocycles. The Hall–Kier alpha value is -1.17. The Labute approximate surface area is 128 Å². The van der Waals surface area contributed by atoms with E-state index in [9.17, 15) is 8.42 Å². The van der Waals surface area contributed by atoms with E-state index in [1.807, 2.05) is 33.0 Å². The van der Waals surface area contributed by atoms with Gasteiger partial charge in [0.15, 0.2) is 0 Å². The molecule has 0 spiro atoms. The first-order valence-electron chi connectivity index (χ1n) is 7.16. The predicted octanol–water partition coefficient (Wildman–Crippen LogP) is 2.61. The van der Waals surface area contributed by atoms with E-state index in [4.69, 9.17) is 0 Å². The van der Waals surface area contributed by atoms with Crippen LogP contribution in [0.4, 0.5) is 0 Å². The van der Waals surface area contributed by atoms with Crippen molar-refractivity contribution in [3.63, 3.8) is 0 Å². The predicted molar refractivity (Wildman–Crippen MR) is 87.9 cm³/mol. The summed E-state index contributed by atoms with van der Waals surface area (Å²) in [5.74, 6) is 0. The van der Waals surface area contributed by atoms with Gasteiger partial charge >= 0.3 is 0 Å². The smallest absolute Gasteiger partial charge is 0.243 e. The van der Waals surface area contributed by atoms with Crippen LogP contribution in [-0.2, 0) is 16.6 Å². The van der Waals surface area contributed by atoms with Gasteiger partial charge in [0, 0.05) is 20.1 Å². The molecule has 5 heteroatoms. The molecule has 1 aromatic carbocycles. The van der Waals surface area contributed by atoms with Crippen LogP contribution in [0.5, 0.6) is 0 Å². The van der Waals surface area contributed by atoms with Crippen molar-refractivity contribution in [2.75, 3.05) is 20.6 Å².